The zero-order chi connectivity index (χ0) is 15.4. The van der Waals surface area contributed by atoms with Crippen LogP contribution in [0.25, 0.3) is 0 Å². The van der Waals surface area contributed by atoms with Crippen LogP contribution in [0.3, 0.4) is 0 Å². The Hall–Kier alpha value is -1.08. The Bertz CT molecular complexity index is 643. The van der Waals surface area contributed by atoms with E-state index >= 15 is 0 Å². The van der Waals surface area contributed by atoms with E-state index in [0.717, 1.165) is 19.3 Å². The van der Waals surface area contributed by atoms with Gasteiger partial charge in [0.15, 0.2) is 6.10 Å². The zero-order valence-corrected chi connectivity index (χ0v) is 15.4. The second-order valence-corrected chi connectivity index (χ2v) is 6.82. The minimum absolute atomic E-state index is 0.168. The highest BCUT2D eigenvalue weighted by Crippen LogP contribution is 2.21. The number of carbonyl (C=O) groups is 1. The van der Waals surface area contributed by atoms with Crippen molar-refractivity contribution in [3.8, 4) is 5.75 Å². The molecule has 0 fully saturated rings. The first kappa shape index (κ1) is 16.3. The largest absolute Gasteiger partial charge is 0.481 e. The zero-order valence-electron chi connectivity index (χ0n) is 11.7. The summed E-state index contributed by atoms with van der Waals surface area (Å²) in [5.74, 6) is 0.518. The summed E-state index contributed by atoms with van der Waals surface area (Å²) in [6.07, 6.45) is -0.562. The minimum Gasteiger partial charge on any atom is -0.481 e. The monoisotopic (exact) mass is 459 g/mol. The lowest BCUT2D eigenvalue weighted by atomic mass is 10.2. The van der Waals surface area contributed by atoms with Crippen LogP contribution in [0.4, 0.5) is 5.69 Å². The number of anilines is 1. The lowest BCUT2D eigenvalue weighted by molar-refractivity contribution is -0.122. The number of hydrogen-bond donors (Lipinski definition) is 1. The highest BCUT2D eigenvalue weighted by atomic mass is 127. The molecule has 1 atom stereocenters. The maximum absolute atomic E-state index is 12.2. The number of nitrogens with one attached hydrogen (secondary N) is 1. The molecule has 2 rings (SSSR count). The molecule has 0 aromatic heterocycles. The van der Waals surface area contributed by atoms with Gasteiger partial charge < -0.3 is 10.1 Å². The van der Waals surface area contributed by atoms with Crippen LogP contribution < -0.4 is 10.1 Å². The molecule has 2 aromatic rings. The summed E-state index contributed by atoms with van der Waals surface area (Å²) in [7, 11) is 0. The molecule has 3 nitrogen and oxygen atoms in total. The van der Waals surface area contributed by atoms with Crippen molar-refractivity contribution in [3.05, 3.63) is 56.1 Å². The number of benzene rings is 2. The van der Waals surface area contributed by atoms with Gasteiger partial charge in [0.1, 0.15) is 5.75 Å². The van der Waals surface area contributed by atoms with Gasteiger partial charge in [0, 0.05) is 13.7 Å². The van der Waals surface area contributed by atoms with Crippen LogP contribution in [-0.2, 0) is 4.79 Å². The van der Waals surface area contributed by atoms with Gasteiger partial charge in [-0.2, -0.15) is 0 Å². The van der Waals surface area contributed by atoms with Gasteiger partial charge in [-0.3, -0.25) is 4.79 Å². The summed E-state index contributed by atoms with van der Waals surface area (Å²) in [4.78, 5) is 12.2. The Balaban J connectivity index is 2.00. The molecule has 2 aromatic carbocycles. The highest BCUT2D eigenvalue weighted by molar-refractivity contribution is 14.1. The molecule has 0 aliphatic heterocycles. The van der Waals surface area contributed by atoms with E-state index in [1.165, 1.54) is 0 Å². The lowest BCUT2D eigenvalue weighted by Crippen LogP contribution is -2.30. The maximum Gasteiger partial charge on any atom is 0.265 e. The van der Waals surface area contributed by atoms with Gasteiger partial charge in [0.05, 0.1) is 0 Å². The molecule has 110 valence electrons. The molecule has 0 spiro atoms. The predicted molar refractivity (Wildman–Crippen MR) is 96.8 cm³/mol. The van der Waals surface area contributed by atoms with Crippen molar-refractivity contribution >= 4 is 50.1 Å². The van der Waals surface area contributed by atoms with Gasteiger partial charge >= 0.3 is 0 Å². The molecule has 0 radical (unpaired) electrons. The van der Waals surface area contributed by atoms with Crippen molar-refractivity contribution in [2.24, 2.45) is 0 Å². The number of amides is 1. The van der Waals surface area contributed by atoms with E-state index in [-0.39, 0.29) is 5.91 Å². The standard InChI is InChI=1S/C16H15BrINO2/c1-10-9-12(17)3-8-15(10)19-16(20)11(2)21-14-6-4-13(18)5-7-14/h3-9,11H,1-2H3,(H,19,20). The van der Waals surface area contributed by atoms with Crippen LogP contribution >= 0.6 is 38.5 Å². The fourth-order valence-corrected chi connectivity index (χ4v) is 2.61. The number of halogens is 2. The number of ether oxygens (including phenoxy) is 1. The lowest BCUT2D eigenvalue weighted by Gasteiger charge is -2.16. The fraction of sp³-hybridized carbons (Fsp3) is 0.188. The molecule has 1 N–H and O–H groups in total. The third-order valence-corrected chi connectivity index (χ3v) is 4.15. The van der Waals surface area contributed by atoms with Gasteiger partial charge in [0.25, 0.3) is 5.91 Å². The van der Waals surface area contributed by atoms with E-state index in [1.54, 1.807) is 6.92 Å². The molecule has 1 amide bonds. The normalized spacial score (nSPS) is 11.8. The molecular weight excluding hydrogens is 445 g/mol. The molecule has 0 aliphatic rings. The van der Waals surface area contributed by atoms with Crippen LogP contribution in [0, 0.1) is 10.5 Å². The molecule has 1 unspecified atom stereocenters. The average Bonchev–Trinajstić information content (AvgIpc) is 2.44. The summed E-state index contributed by atoms with van der Waals surface area (Å²) in [6, 6.07) is 13.3. The molecule has 5 heteroatoms. The highest BCUT2D eigenvalue weighted by Gasteiger charge is 2.15. The molecule has 0 saturated heterocycles. The Morgan fingerprint density at radius 3 is 2.52 bits per heavy atom. The second-order valence-electron chi connectivity index (χ2n) is 4.66. The van der Waals surface area contributed by atoms with Gasteiger partial charge in [0.2, 0.25) is 0 Å². The number of hydrogen-bond acceptors (Lipinski definition) is 2. The van der Waals surface area contributed by atoms with Crippen LogP contribution in [-0.4, -0.2) is 12.0 Å². The average molecular weight is 460 g/mol. The summed E-state index contributed by atoms with van der Waals surface area (Å²) < 4.78 is 7.76. The van der Waals surface area contributed by atoms with Crippen molar-refractivity contribution in [2.45, 2.75) is 20.0 Å². The van der Waals surface area contributed by atoms with E-state index < -0.39 is 6.10 Å². The van der Waals surface area contributed by atoms with Gasteiger partial charge in [-0.1, -0.05) is 15.9 Å². The maximum atomic E-state index is 12.2. The van der Waals surface area contributed by atoms with Crippen molar-refractivity contribution in [2.75, 3.05) is 5.32 Å². The molecular formula is C16H15BrINO2. The first-order chi connectivity index (χ1) is 9.95. The van der Waals surface area contributed by atoms with E-state index in [4.69, 9.17) is 4.74 Å². The quantitative estimate of drug-likeness (QED) is 0.669. The molecule has 0 saturated carbocycles. The number of rotatable bonds is 4. The third kappa shape index (κ3) is 4.71. The molecule has 0 aliphatic carbocycles. The molecule has 0 bridgehead atoms. The second kappa shape index (κ2) is 7.26. The Labute approximate surface area is 146 Å². The summed E-state index contributed by atoms with van der Waals surface area (Å²) in [5.41, 5.74) is 1.79. The Kier molecular flexibility index (Phi) is 5.64. The predicted octanol–water partition coefficient (Wildman–Crippen LogP) is 4.77. The topological polar surface area (TPSA) is 38.3 Å². The third-order valence-electron chi connectivity index (χ3n) is 2.94. The van der Waals surface area contributed by atoms with Crippen LogP contribution in [0.5, 0.6) is 5.75 Å². The van der Waals surface area contributed by atoms with Gasteiger partial charge in [-0.15, -0.1) is 0 Å². The Morgan fingerprint density at radius 2 is 1.90 bits per heavy atom. The van der Waals surface area contributed by atoms with Crippen LogP contribution in [0.2, 0.25) is 0 Å². The van der Waals surface area contributed by atoms with Crippen molar-refractivity contribution in [3.63, 3.8) is 0 Å². The van der Waals surface area contributed by atoms with E-state index in [9.17, 15) is 4.79 Å². The van der Waals surface area contributed by atoms with Gasteiger partial charge in [-0.25, -0.2) is 0 Å². The van der Waals surface area contributed by atoms with E-state index in [2.05, 4.69) is 43.8 Å². The first-order valence-electron chi connectivity index (χ1n) is 6.45. The number of aryl methyl sites for hydroxylation is 1. The summed E-state index contributed by atoms with van der Waals surface area (Å²) in [6.45, 7) is 3.69. The van der Waals surface area contributed by atoms with Crippen molar-refractivity contribution < 1.29 is 9.53 Å². The minimum atomic E-state index is -0.562. The molecule has 21 heavy (non-hydrogen) atoms. The van der Waals surface area contributed by atoms with Crippen molar-refractivity contribution in [1.82, 2.24) is 0 Å². The van der Waals surface area contributed by atoms with Crippen molar-refractivity contribution in [1.29, 1.82) is 0 Å². The number of carbonyl (C=O) groups excluding carboxylic acids is 1. The fourth-order valence-electron chi connectivity index (χ4n) is 1.77. The van der Waals surface area contributed by atoms with E-state index in [0.29, 0.717) is 5.75 Å². The van der Waals surface area contributed by atoms with Gasteiger partial charge in [-0.05, 0) is 84.5 Å². The van der Waals surface area contributed by atoms with E-state index in [1.807, 2.05) is 49.4 Å². The summed E-state index contributed by atoms with van der Waals surface area (Å²) >= 11 is 5.63. The SMILES string of the molecule is Cc1cc(Br)ccc1NC(=O)C(C)Oc1ccc(I)cc1. The van der Waals surface area contributed by atoms with Crippen LogP contribution in [0.1, 0.15) is 12.5 Å². The summed E-state index contributed by atoms with van der Waals surface area (Å²) in [5, 5.41) is 2.88. The van der Waals surface area contributed by atoms with Crippen LogP contribution in [0.15, 0.2) is 46.9 Å². The smallest absolute Gasteiger partial charge is 0.265 e. The molecule has 0 heterocycles. The Morgan fingerprint density at radius 1 is 1.24 bits per heavy atom. The first-order valence-corrected chi connectivity index (χ1v) is 8.32.